The number of benzene rings is 1. The van der Waals surface area contributed by atoms with Gasteiger partial charge in [0, 0.05) is 12.0 Å². The van der Waals surface area contributed by atoms with Crippen LogP contribution in [0, 0.1) is 0 Å². The van der Waals surface area contributed by atoms with Crippen molar-refractivity contribution < 1.29 is 13.6 Å². The van der Waals surface area contributed by atoms with Gasteiger partial charge in [-0.1, -0.05) is 24.6 Å². The molecule has 1 N–H and O–H groups in total. The van der Waals surface area contributed by atoms with Crippen molar-refractivity contribution in [2.45, 2.75) is 19.1 Å². The molecule has 5 heteroatoms. The van der Waals surface area contributed by atoms with Crippen molar-refractivity contribution in [3.63, 3.8) is 0 Å². The predicted molar refractivity (Wildman–Crippen MR) is 60.5 cm³/mol. The maximum atomic E-state index is 11.4. The zero-order valence-electron chi connectivity index (χ0n) is 8.20. The van der Waals surface area contributed by atoms with E-state index in [1.165, 1.54) is 0 Å². The van der Waals surface area contributed by atoms with E-state index < -0.39 is 11.1 Å². The Bertz CT molecular complexity index is 404. The van der Waals surface area contributed by atoms with E-state index in [1.54, 1.807) is 25.1 Å². The minimum absolute atomic E-state index is 0.0281. The lowest BCUT2D eigenvalue weighted by Gasteiger charge is -2.03. The first-order chi connectivity index (χ1) is 7.04. The van der Waals surface area contributed by atoms with E-state index in [-0.39, 0.29) is 11.5 Å². The van der Waals surface area contributed by atoms with Crippen LogP contribution in [0.5, 0.6) is 0 Å². The summed E-state index contributed by atoms with van der Waals surface area (Å²) < 4.78 is 19.2. The highest BCUT2D eigenvalue weighted by Gasteiger charge is 2.09. The Balaban J connectivity index is 2.97. The molecular weight excluding hydrogens is 236 g/mol. The highest BCUT2D eigenvalue weighted by atomic mass is 35.5. The highest BCUT2D eigenvalue weighted by molar-refractivity contribution is 7.78. The summed E-state index contributed by atoms with van der Waals surface area (Å²) in [4.78, 5) is 11.4. The SMILES string of the molecule is CCC(=O)c1ccc(CS(=O)O)cc1Cl. The first kappa shape index (κ1) is 12.4. The standard InChI is InChI=1S/C10H11ClO3S/c1-2-10(12)8-4-3-7(5-9(8)11)6-15(13)14/h3-5H,2,6H2,1H3,(H,13,14). The van der Waals surface area contributed by atoms with Gasteiger partial charge < -0.3 is 4.55 Å². The van der Waals surface area contributed by atoms with E-state index >= 15 is 0 Å². The molecule has 0 aromatic heterocycles. The first-order valence-corrected chi connectivity index (χ1v) is 6.09. The Hall–Kier alpha value is -0.710. The van der Waals surface area contributed by atoms with Crippen molar-refractivity contribution in [2.24, 2.45) is 0 Å². The van der Waals surface area contributed by atoms with E-state index in [0.29, 0.717) is 22.6 Å². The molecular formula is C10H11ClO3S. The van der Waals surface area contributed by atoms with Gasteiger partial charge in [-0.15, -0.1) is 0 Å². The Kier molecular flexibility index (Phi) is 4.45. The van der Waals surface area contributed by atoms with Crippen molar-refractivity contribution in [2.75, 3.05) is 0 Å². The Morgan fingerprint density at radius 3 is 2.67 bits per heavy atom. The van der Waals surface area contributed by atoms with E-state index in [4.69, 9.17) is 16.2 Å². The molecule has 82 valence electrons. The molecule has 1 unspecified atom stereocenters. The fourth-order valence-corrected chi connectivity index (χ4v) is 1.98. The number of hydrogen-bond acceptors (Lipinski definition) is 2. The van der Waals surface area contributed by atoms with Crippen molar-refractivity contribution in [1.29, 1.82) is 0 Å². The molecule has 0 heterocycles. The summed E-state index contributed by atoms with van der Waals surface area (Å²) in [5.74, 6) is -0.00277. The van der Waals surface area contributed by atoms with Gasteiger partial charge in [0.15, 0.2) is 16.9 Å². The zero-order chi connectivity index (χ0) is 11.4. The van der Waals surface area contributed by atoms with Crippen LogP contribution in [-0.4, -0.2) is 14.5 Å². The maximum absolute atomic E-state index is 11.4. The number of carbonyl (C=O) groups excluding carboxylic acids is 1. The fourth-order valence-electron chi connectivity index (χ4n) is 1.21. The summed E-state index contributed by atoms with van der Waals surface area (Å²) in [5, 5.41) is 0.338. The summed E-state index contributed by atoms with van der Waals surface area (Å²) >= 11 is 4.00. The van der Waals surface area contributed by atoms with Crippen LogP contribution in [0.1, 0.15) is 29.3 Å². The number of rotatable bonds is 4. The summed E-state index contributed by atoms with van der Waals surface area (Å²) in [6.45, 7) is 1.76. The molecule has 1 aromatic rings. The van der Waals surface area contributed by atoms with Gasteiger partial charge in [-0.25, -0.2) is 4.21 Å². The molecule has 1 atom stereocenters. The van der Waals surface area contributed by atoms with Gasteiger partial charge in [-0.05, 0) is 17.7 Å². The molecule has 1 rings (SSSR count). The number of carbonyl (C=O) groups is 1. The van der Waals surface area contributed by atoms with Crippen LogP contribution in [-0.2, 0) is 16.8 Å². The molecule has 0 bridgehead atoms. The summed E-state index contributed by atoms with van der Waals surface area (Å²) in [7, 11) is 0. The molecule has 0 amide bonds. The third-order valence-corrected chi connectivity index (χ3v) is 2.84. The molecule has 0 spiro atoms. The van der Waals surface area contributed by atoms with Gasteiger partial charge in [0.1, 0.15) is 0 Å². The zero-order valence-corrected chi connectivity index (χ0v) is 9.77. The predicted octanol–water partition coefficient (Wildman–Crippen LogP) is 2.65. The second-order valence-corrected chi connectivity index (χ2v) is 4.40. The molecule has 0 aliphatic carbocycles. The molecule has 0 aliphatic rings. The van der Waals surface area contributed by atoms with Gasteiger partial charge >= 0.3 is 0 Å². The Labute approximate surface area is 95.7 Å². The van der Waals surface area contributed by atoms with Crippen LogP contribution in [0.15, 0.2) is 18.2 Å². The second kappa shape index (κ2) is 5.39. The topological polar surface area (TPSA) is 54.4 Å². The molecule has 0 saturated heterocycles. The number of hydrogen-bond donors (Lipinski definition) is 1. The van der Waals surface area contributed by atoms with Crippen molar-refractivity contribution >= 4 is 28.5 Å². The minimum Gasteiger partial charge on any atom is -0.306 e. The summed E-state index contributed by atoms with van der Waals surface area (Å²) in [6.07, 6.45) is 0.394. The van der Waals surface area contributed by atoms with Crippen LogP contribution in [0.3, 0.4) is 0 Å². The van der Waals surface area contributed by atoms with Gasteiger partial charge in [0.05, 0.1) is 10.8 Å². The van der Waals surface area contributed by atoms with Crippen LogP contribution in [0.25, 0.3) is 0 Å². The largest absolute Gasteiger partial charge is 0.306 e. The maximum Gasteiger partial charge on any atom is 0.164 e. The van der Waals surface area contributed by atoms with Crippen molar-refractivity contribution in [3.05, 3.63) is 34.3 Å². The van der Waals surface area contributed by atoms with Gasteiger partial charge in [0.2, 0.25) is 0 Å². The molecule has 0 radical (unpaired) electrons. The molecule has 3 nitrogen and oxygen atoms in total. The van der Waals surface area contributed by atoms with Crippen molar-refractivity contribution in [1.82, 2.24) is 0 Å². The molecule has 0 saturated carbocycles. The lowest BCUT2D eigenvalue weighted by atomic mass is 10.1. The highest BCUT2D eigenvalue weighted by Crippen LogP contribution is 2.20. The molecule has 15 heavy (non-hydrogen) atoms. The molecule has 0 aliphatic heterocycles. The first-order valence-electron chi connectivity index (χ1n) is 4.43. The third kappa shape index (κ3) is 3.41. The monoisotopic (exact) mass is 246 g/mol. The minimum atomic E-state index is -1.89. The van der Waals surface area contributed by atoms with Crippen LogP contribution in [0.2, 0.25) is 5.02 Å². The molecule has 1 aromatic carbocycles. The van der Waals surface area contributed by atoms with Gasteiger partial charge in [-0.2, -0.15) is 0 Å². The average molecular weight is 247 g/mol. The van der Waals surface area contributed by atoms with Crippen LogP contribution < -0.4 is 0 Å². The van der Waals surface area contributed by atoms with E-state index in [2.05, 4.69) is 0 Å². The summed E-state index contributed by atoms with van der Waals surface area (Å²) in [6, 6.07) is 4.79. The van der Waals surface area contributed by atoms with Gasteiger partial charge in [0.25, 0.3) is 0 Å². The average Bonchev–Trinajstić information content (AvgIpc) is 2.16. The van der Waals surface area contributed by atoms with E-state index in [1.807, 2.05) is 0 Å². The summed E-state index contributed by atoms with van der Waals surface area (Å²) in [5.41, 5.74) is 1.11. The Morgan fingerprint density at radius 1 is 1.53 bits per heavy atom. The second-order valence-electron chi connectivity index (χ2n) is 3.06. The fraction of sp³-hybridized carbons (Fsp3) is 0.300. The quantitative estimate of drug-likeness (QED) is 0.656. The number of ketones is 1. The van der Waals surface area contributed by atoms with Crippen LogP contribution >= 0.6 is 11.6 Å². The number of Topliss-reactive ketones (excluding diaryl/α,β-unsaturated/α-hetero) is 1. The molecule has 0 fully saturated rings. The van der Waals surface area contributed by atoms with Crippen molar-refractivity contribution in [3.8, 4) is 0 Å². The normalized spacial score (nSPS) is 12.5. The smallest absolute Gasteiger partial charge is 0.164 e. The van der Waals surface area contributed by atoms with Gasteiger partial charge in [-0.3, -0.25) is 4.79 Å². The van der Waals surface area contributed by atoms with E-state index in [9.17, 15) is 9.00 Å². The lowest BCUT2D eigenvalue weighted by Crippen LogP contribution is -1.99. The van der Waals surface area contributed by atoms with E-state index in [0.717, 1.165) is 0 Å². The number of halogens is 1. The van der Waals surface area contributed by atoms with Crippen LogP contribution in [0.4, 0.5) is 0 Å². The lowest BCUT2D eigenvalue weighted by molar-refractivity contribution is 0.0988. The third-order valence-electron chi connectivity index (χ3n) is 1.95. The Morgan fingerprint density at radius 2 is 2.20 bits per heavy atom.